The van der Waals surface area contributed by atoms with Crippen molar-refractivity contribution in [3.63, 3.8) is 0 Å². The fourth-order valence-corrected chi connectivity index (χ4v) is 4.42. The Kier molecular flexibility index (Phi) is 8.08. The highest BCUT2D eigenvalue weighted by Crippen LogP contribution is 2.40. The van der Waals surface area contributed by atoms with Crippen molar-refractivity contribution in [2.75, 3.05) is 40.3 Å². The van der Waals surface area contributed by atoms with E-state index in [0.717, 1.165) is 17.7 Å². The average molecular weight is 504 g/mol. The number of hydrogen-bond donors (Lipinski definition) is 1. The van der Waals surface area contributed by atoms with Crippen LogP contribution in [0.25, 0.3) is 12.2 Å². The lowest BCUT2D eigenvalue weighted by Gasteiger charge is -2.16. The van der Waals surface area contributed by atoms with Crippen LogP contribution < -0.4 is 28.4 Å². The number of rotatable bonds is 10. The van der Waals surface area contributed by atoms with Gasteiger partial charge in [0.05, 0.1) is 46.1 Å². The zero-order valence-electron chi connectivity index (χ0n) is 19.9. The van der Waals surface area contributed by atoms with E-state index >= 15 is 0 Å². The molecule has 0 amide bonds. The number of benzene rings is 3. The predicted molar refractivity (Wildman–Crippen MR) is 132 cm³/mol. The molecule has 0 spiro atoms. The largest absolute Gasteiger partial charge is 0.493 e. The first kappa shape index (κ1) is 25.7. The van der Waals surface area contributed by atoms with E-state index < -0.39 is 15.8 Å². The molecule has 0 unspecified atom stereocenters. The Balaban J connectivity index is 2.02. The van der Waals surface area contributed by atoms with Crippen molar-refractivity contribution in [3.8, 4) is 28.7 Å². The molecule has 0 aliphatic carbocycles. The van der Waals surface area contributed by atoms with Gasteiger partial charge >= 0.3 is 0 Å². The van der Waals surface area contributed by atoms with E-state index in [2.05, 4.69) is 4.72 Å². The summed E-state index contributed by atoms with van der Waals surface area (Å²) in [6, 6.07) is 11.3. The summed E-state index contributed by atoms with van der Waals surface area (Å²) in [6.07, 6.45) is 3.56. The molecule has 8 nitrogen and oxygen atoms in total. The van der Waals surface area contributed by atoms with Gasteiger partial charge in [-0.25, -0.2) is 12.8 Å². The third kappa shape index (κ3) is 5.78. The summed E-state index contributed by atoms with van der Waals surface area (Å²) < 4.78 is 68.4. The van der Waals surface area contributed by atoms with Crippen molar-refractivity contribution in [3.05, 3.63) is 65.5 Å². The van der Waals surface area contributed by atoms with Crippen LogP contribution in [0.1, 0.15) is 11.1 Å². The maximum absolute atomic E-state index is 13.3. The van der Waals surface area contributed by atoms with Crippen LogP contribution in [0.15, 0.2) is 53.4 Å². The molecular weight excluding hydrogens is 477 g/mol. The Morgan fingerprint density at radius 2 is 1.14 bits per heavy atom. The number of methoxy groups -OCH3 is 5. The first-order valence-corrected chi connectivity index (χ1v) is 11.8. The van der Waals surface area contributed by atoms with E-state index in [1.807, 2.05) is 0 Å². The van der Waals surface area contributed by atoms with Crippen molar-refractivity contribution in [2.45, 2.75) is 4.90 Å². The van der Waals surface area contributed by atoms with Gasteiger partial charge in [0, 0.05) is 0 Å². The summed E-state index contributed by atoms with van der Waals surface area (Å²) in [5.41, 5.74) is 1.52. The quantitative estimate of drug-likeness (QED) is 0.396. The molecule has 0 aliphatic heterocycles. The highest BCUT2D eigenvalue weighted by atomic mass is 32.2. The SMILES string of the molecule is COc1cc(/C=C\c2cc(OC)c(OC)c(OC)c2)cc(NS(=O)(=O)c2ccc(F)cc2)c1OC. The monoisotopic (exact) mass is 503 g/mol. The van der Waals surface area contributed by atoms with Gasteiger partial charge in [-0.15, -0.1) is 0 Å². The molecule has 0 fully saturated rings. The van der Waals surface area contributed by atoms with Crippen molar-refractivity contribution in [1.29, 1.82) is 0 Å². The maximum atomic E-state index is 13.3. The number of hydrogen-bond acceptors (Lipinski definition) is 7. The van der Waals surface area contributed by atoms with Gasteiger partial charge in [0.2, 0.25) is 5.75 Å². The molecule has 1 N–H and O–H groups in total. The van der Waals surface area contributed by atoms with Gasteiger partial charge in [-0.1, -0.05) is 12.2 Å². The summed E-state index contributed by atoms with van der Waals surface area (Å²) in [5.74, 6) is 1.43. The van der Waals surface area contributed by atoms with Gasteiger partial charge in [-0.05, 0) is 59.7 Å². The zero-order chi connectivity index (χ0) is 25.6. The number of sulfonamides is 1. The van der Waals surface area contributed by atoms with Crippen molar-refractivity contribution in [2.24, 2.45) is 0 Å². The third-order valence-electron chi connectivity index (χ3n) is 5.02. The number of nitrogens with one attached hydrogen (secondary N) is 1. The molecule has 0 radical (unpaired) electrons. The molecule has 0 saturated carbocycles. The molecule has 3 rings (SSSR count). The Labute approximate surface area is 203 Å². The first-order chi connectivity index (χ1) is 16.8. The minimum atomic E-state index is -4.02. The van der Waals surface area contributed by atoms with E-state index in [0.29, 0.717) is 28.6 Å². The van der Waals surface area contributed by atoms with Crippen LogP contribution in [0.3, 0.4) is 0 Å². The first-order valence-electron chi connectivity index (χ1n) is 10.3. The Bertz CT molecular complexity index is 1300. The van der Waals surface area contributed by atoms with E-state index in [-0.39, 0.29) is 16.3 Å². The smallest absolute Gasteiger partial charge is 0.262 e. The Hall–Kier alpha value is -3.92. The van der Waals surface area contributed by atoms with Crippen molar-refractivity contribution < 1.29 is 36.5 Å². The second kappa shape index (κ2) is 11.0. The van der Waals surface area contributed by atoms with Crippen LogP contribution in [0.5, 0.6) is 28.7 Å². The second-order valence-electron chi connectivity index (χ2n) is 7.16. The molecule has 3 aromatic carbocycles. The van der Waals surface area contributed by atoms with E-state index in [4.69, 9.17) is 23.7 Å². The summed E-state index contributed by atoms with van der Waals surface area (Å²) >= 11 is 0. The lowest BCUT2D eigenvalue weighted by molar-refractivity contribution is 0.324. The number of anilines is 1. The summed E-state index contributed by atoms with van der Waals surface area (Å²) in [6.45, 7) is 0. The molecule has 35 heavy (non-hydrogen) atoms. The van der Waals surface area contributed by atoms with Gasteiger partial charge in [0.25, 0.3) is 10.0 Å². The molecule has 0 aliphatic rings. The number of halogens is 1. The van der Waals surface area contributed by atoms with Gasteiger partial charge in [-0.3, -0.25) is 4.72 Å². The van der Waals surface area contributed by atoms with Crippen LogP contribution in [0.2, 0.25) is 0 Å². The minimum absolute atomic E-state index is 0.0988. The standard InChI is InChI=1S/C25H26FNO7S/c1-30-21-13-16(6-7-17-14-22(31-2)25(34-5)23(15-17)32-3)12-20(24(21)33-4)27-35(28,29)19-10-8-18(26)9-11-19/h6-15,27H,1-5H3/b7-6-. The van der Waals surface area contributed by atoms with E-state index in [1.54, 1.807) is 36.4 Å². The van der Waals surface area contributed by atoms with Crippen LogP contribution in [-0.4, -0.2) is 44.0 Å². The van der Waals surface area contributed by atoms with E-state index in [1.165, 1.54) is 47.7 Å². The Morgan fingerprint density at radius 3 is 1.60 bits per heavy atom. The van der Waals surface area contributed by atoms with Gasteiger partial charge in [0.15, 0.2) is 23.0 Å². The van der Waals surface area contributed by atoms with Crippen LogP contribution in [0.4, 0.5) is 10.1 Å². The van der Waals surface area contributed by atoms with Crippen LogP contribution in [-0.2, 0) is 10.0 Å². The second-order valence-corrected chi connectivity index (χ2v) is 8.84. The van der Waals surface area contributed by atoms with Gasteiger partial charge in [-0.2, -0.15) is 0 Å². The van der Waals surface area contributed by atoms with Crippen LogP contribution in [0, 0.1) is 5.82 Å². The molecule has 0 bridgehead atoms. The maximum Gasteiger partial charge on any atom is 0.262 e. The molecule has 0 saturated heterocycles. The van der Waals surface area contributed by atoms with Gasteiger partial charge in [0.1, 0.15) is 5.82 Å². The fourth-order valence-electron chi connectivity index (χ4n) is 3.37. The van der Waals surface area contributed by atoms with Crippen molar-refractivity contribution >= 4 is 27.9 Å². The Morgan fingerprint density at radius 1 is 0.686 bits per heavy atom. The predicted octanol–water partition coefficient (Wildman–Crippen LogP) is 4.84. The third-order valence-corrected chi connectivity index (χ3v) is 6.41. The summed E-state index contributed by atoms with van der Waals surface area (Å²) in [7, 11) is 3.40. The van der Waals surface area contributed by atoms with Crippen molar-refractivity contribution in [1.82, 2.24) is 0 Å². The topological polar surface area (TPSA) is 92.3 Å². The fraction of sp³-hybridized carbons (Fsp3) is 0.200. The summed E-state index contributed by atoms with van der Waals surface area (Å²) in [5, 5.41) is 0. The van der Waals surface area contributed by atoms with Crippen LogP contribution >= 0.6 is 0 Å². The minimum Gasteiger partial charge on any atom is -0.493 e. The lowest BCUT2D eigenvalue weighted by atomic mass is 10.1. The molecule has 186 valence electrons. The molecule has 0 atom stereocenters. The lowest BCUT2D eigenvalue weighted by Crippen LogP contribution is -2.14. The molecule has 10 heteroatoms. The normalized spacial score (nSPS) is 11.3. The molecule has 0 aromatic heterocycles. The van der Waals surface area contributed by atoms with Gasteiger partial charge < -0.3 is 23.7 Å². The highest BCUT2D eigenvalue weighted by molar-refractivity contribution is 7.92. The zero-order valence-corrected chi connectivity index (χ0v) is 20.7. The number of ether oxygens (including phenoxy) is 5. The molecule has 3 aromatic rings. The molecule has 0 heterocycles. The molecular formula is C25H26FNO7S. The van der Waals surface area contributed by atoms with E-state index in [9.17, 15) is 12.8 Å². The summed E-state index contributed by atoms with van der Waals surface area (Å²) in [4.78, 5) is -0.0988. The average Bonchev–Trinajstić information content (AvgIpc) is 2.86. The highest BCUT2D eigenvalue weighted by Gasteiger charge is 2.20.